The highest BCUT2D eigenvalue weighted by Crippen LogP contribution is 2.15. The van der Waals surface area contributed by atoms with Crippen molar-refractivity contribution >= 4 is 0 Å². The van der Waals surface area contributed by atoms with Crippen LogP contribution in [-0.2, 0) is 6.54 Å². The Labute approximate surface area is 121 Å². The number of aryl methyl sites for hydroxylation is 1. The molecule has 112 valence electrons. The predicted molar refractivity (Wildman–Crippen MR) is 79.4 cm³/mol. The molecule has 2 heterocycles. The molecule has 5 nitrogen and oxygen atoms in total. The third kappa shape index (κ3) is 4.23. The molecule has 2 rings (SSSR count). The number of hydrogen-bond acceptors (Lipinski definition) is 5. The molecule has 1 aromatic heterocycles. The van der Waals surface area contributed by atoms with Crippen LogP contribution in [0.15, 0.2) is 12.4 Å². The van der Waals surface area contributed by atoms with E-state index in [1.165, 1.54) is 0 Å². The first-order valence-corrected chi connectivity index (χ1v) is 7.50. The van der Waals surface area contributed by atoms with Crippen molar-refractivity contribution in [2.24, 2.45) is 0 Å². The van der Waals surface area contributed by atoms with Gasteiger partial charge in [-0.25, -0.2) is 0 Å². The molecule has 5 heteroatoms. The summed E-state index contributed by atoms with van der Waals surface area (Å²) in [4.78, 5) is 13.6. The lowest BCUT2D eigenvalue weighted by Crippen LogP contribution is -2.54. The average molecular weight is 278 g/mol. The summed E-state index contributed by atoms with van der Waals surface area (Å²) in [5, 5.41) is 9.57. The molecule has 2 atom stereocenters. The summed E-state index contributed by atoms with van der Waals surface area (Å²) in [6.45, 7) is 10.8. The topological polar surface area (TPSA) is 52.5 Å². The van der Waals surface area contributed by atoms with Gasteiger partial charge < -0.3 is 5.11 Å². The second-order valence-corrected chi connectivity index (χ2v) is 5.79. The van der Waals surface area contributed by atoms with Crippen molar-refractivity contribution in [3.8, 4) is 0 Å². The summed E-state index contributed by atoms with van der Waals surface area (Å²) in [5.41, 5.74) is 2.00. The lowest BCUT2D eigenvalue weighted by Gasteiger charge is -2.41. The highest BCUT2D eigenvalue weighted by molar-refractivity contribution is 5.01. The van der Waals surface area contributed by atoms with E-state index >= 15 is 0 Å². The summed E-state index contributed by atoms with van der Waals surface area (Å²) in [6, 6.07) is 0.525. The fourth-order valence-electron chi connectivity index (χ4n) is 2.80. The minimum atomic E-state index is -0.251. The summed E-state index contributed by atoms with van der Waals surface area (Å²) >= 11 is 0. The molecular formula is C15H26N4O. The van der Waals surface area contributed by atoms with Gasteiger partial charge in [0.1, 0.15) is 0 Å². The summed E-state index contributed by atoms with van der Waals surface area (Å²) in [5.74, 6) is 0. The number of hydrogen-bond donors (Lipinski definition) is 1. The van der Waals surface area contributed by atoms with Crippen LogP contribution in [0.1, 0.15) is 31.7 Å². The molecule has 0 bridgehead atoms. The van der Waals surface area contributed by atoms with Gasteiger partial charge in [-0.2, -0.15) is 0 Å². The van der Waals surface area contributed by atoms with Gasteiger partial charge in [0.2, 0.25) is 0 Å². The molecule has 1 aliphatic rings. The van der Waals surface area contributed by atoms with Crippen molar-refractivity contribution in [2.75, 3.05) is 26.2 Å². The van der Waals surface area contributed by atoms with E-state index in [0.717, 1.165) is 50.5 Å². The first-order chi connectivity index (χ1) is 9.58. The van der Waals surface area contributed by atoms with Gasteiger partial charge in [-0.1, -0.05) is 6.92 Å². The van der Waals surface area contributed by atoms with Crippen LogP contribution in [0.3, 0.4) is 0 Å². The maximum Gasteiger partial charge on any atom is 0.0727 e. The molecule has 1 aliphatic heterocycles. The zero-order valence-corrected chi connectivity index (χ0v) is 12.8. The number of piperazine rings is 1. The maximum atomic E-state index is 9.57. The van der Waals surface area contributed by atoms with Crippen molar-refractivity contribution in [3.05, 3.63) is 23.8 Å². The number of rotatable bonds is 5. The second-order valence-electron chi connectivity index (χ2n) is 5.79. The van der Waals surface area contributed by atoms with E-state index in [1.807, 2.05) is 26.2 Å². The van der Waals surface area contributed by atoms with E-state index in [-0.39, 0.29) is 6.10 Å². The zero-order valence-electron chi connectivity index (χ0n) is 12.8. The maximum absolute atomic E-state index is 9.57. The number of aliphatic hydroxyl groups is 1. The van der Waals surface area contributed by atoms with Crippen molar-refractivity contribution in [1.29, 1.82) is 0 Å². The van der Waals surface area contributed by atoms with Crippen LogP contribution in [0.5, 0.6) is 0 Å². The molecule has 0 spiro atoms. The molecule has 0 unspecified atom stereocenters. The van der Waals surface area contributed by atoms with E-state index in [9.17, 15) is 5.11 Å². The molecule has 1 N–H and O–H groups in total. The Balaban J connectivity index is 1.91. The largest absolute Gasteiger partial charge is 0.392 e. The number of β-amino-alcohol motifs (C(OH)–C–C–N with tert-alkyl or cyclic N) is 1. The minimum Gasteiger partial charge on any atom is -0.392 e. The van der Waals surface area contributed by atoms with Crippen LogP contribution >= 0.6 is 0 Å². The standard InChI is InChI=1S/C15H26N4O/c1-4-15-11-18(5-6-19(15)9-13(3)20)10-14-8-16-12(2)7-17-14/h7-8,13,15,20H,4-6,9-11H2,1-3H3/t13-,15-/m1/s1. The molecule has 0 aromatic carbocycles. The Morgan fingerprint density at radius 1 is 1.35 bits per heavy atom. The van der Waals surface area contributed by atoms with Gasteiger partial charge in [0.15, 0.2) is 0 Å². The van der Waals surface area contributed by atoms with E-state index in [1.54, 1.807) is 0 Å². The Bertz CT molecular complexity index is 407. The molecule has 0 aliphatic carbocycles. The van der Waals surface area contributed by atoms with Crippen LogP contribution in [0.4, 0.5) is 0 Å². The van der Waals surface area contributed by atoms with Crippen molar-refractivity contribution in [3.63, 3.8) is 0 Å². The Hall–Kier alpha value is -1.04. The SMILES string of the molecule is CC[C@@H]1CN(Cc2cnc(C)cn2)CCN1C[C@@H](C)O. The van der Waals surface area contributed by atoms with E-state index in [4.69, 9.17) is 0 Å². The molecule has 1 aromatic rings. The highest BCUT2D eigenvalue weighted by Gasteiger charge is 2.26. The Morgan fingerprint density at radius 3 is 2.75 bits per heavy atom. The number of nitrogens with zero attached hydrogens (tertiary/aromatic N) is 4. The van der Waals surface area contributed by atoms with Crippen LogP contribution < -0.4 is 0 Å². The minimum absolute atomic E-state index is 0.251. The lowest BCUT2D eigenvalue weighted by molar-refractivity contribution is 0.0333. The van der Waals surface area contributed by atoms with Crippen molar-refractivity contribution in [2.45, 2.75) is 45.9 Å². The van der Waals surface area contributed by atoms with Gasteiger partial charge in [0, 0.05) is 51.2 Å². The summed E-state index contributed by atoms with van der Waals surface area (Å²) < 4.78 is 0. The van der Waals surface area contributed by atoms with Crippen molar-refractivity contribution < 1.29 is 5.11 Å². The van der Waals surface area contributed by atoms with Crippen LogP contribution in [0, 0.1) is 6.92 Å². The average Bonchev–Trinajstić information content (AvgIpc) is 2.42. The molecule has 20 heavy (non-hydrogen) atoms. The van der Waals surface area contributed by atoms with E-state index < -0.39 is 0 Å². The van der Waals surface area contributed by atoms with E-state index in [0.29, 0.717) is 6.04 Å². The monoisotopic (exact) mass is 278 g/mol. The fraction of sp³-hybridized carbons (Fsp3) is 0.733. The molecular weight excluding hydrogens is 252 g/mol. The molecule has 1 fully saturated rings. The second kappa shape index (κ2) is 7.11. The first-order valence-electron chi connectivity index (χ1n) is 7.50. The quantitative estimate of drug-likeness (QED) is 0.873. The van der Waals surface area contributed by atoms with E-state index in [2.05, 4.69) is 26.7 Å². The lowest BCUT2D eigenvalue weighted by atomic mass is 10.1. The van der Waals surface area contributed by atoms with Crippen LogP contribution in [0.2, 0.25) is 0 Å². The zero-order chi connectivity index (χ0) is 14.5. The molecule has 0 radical (unpaired) electrons. The molecule has 0 amide bonds. The van der Waals surface area contributed by atoms with Gasteiger partial charge in [0.25, 0.3) is 0 Å². The highest BCUT2D eigenvalue weighted by atomic mass is 16.3. The van der Waals surface area contributed by atoms with Crippen molar-refractivity contribution in [1.82, 2.24) is 19.8 Å². The fourth-order valence-corrected chi connectivity index (χ4v) is 2.80. The van der Waals surface area contributed by atoms with Gasteiger partial charge in [0.05, 0.1) is 17.5 Å². The normalized spacial score (nSPS) is 22.9. The van der Waals surface area contributed by atoms with Gasteiger partial charge in [-0.3, -0.25) is 19.8 Å². The Morgan fingerprint density at radius 2 is 2.15 bits per heavy atom. The van der Waals surface area contributed by atoms with Gasteiger partial charge in [-0.05, 0) is 20.3 Å². The molecule has 1 saturated heterocycles. The third-order valence-corrected chi connectivity index (χ3v) is 3.88. The van der Waals surface area contributed by atoms with Crippen LogP contribution in [0.25, 0.3) is 0 Å². The summed E-state index contributed by atoms with van der Waals surface area (Å²) in [7, 11) is 0. The third-order valence-electron chi connectivity index (χ3n) is 3.88. The van der Waals surface area contributed by atoms with Gasteiger partial charge in [-0.15, -0.1) is 0 Å². The Kier molecular flexibility index (Phi) is 5.46. The molecule has 0 saturated carbocycles. The smallest absolute Gasteiger partial charge is 0.0727 e. The number of aromatic nitrogens is 2. The number of aliphatic hydroxyl groups excluding tert-OH is 1. The van der Waals surface area contributed by atoms with Crippen LogP contribution in [-0.4, -0.2) is 63.2 Å². The van der Waals surface area contributed by atoms with Gasteiger partial charge >= 0.3 is 0 Å². The summed E-state index contributed by atoms with van der Waals surface area (Å²) in [6.07, 6.45) is 4.57. The predicted octanol–water partition coefficient (Wildman–Crippen LogP) is 1.06. The first kappa shape index (κ1) is 15.4.